The summed E-state index contributed by atoms with van der Waals surface area (Å²) in [6, 6.07) is 19.9. The Bertz CT molecular complexity index is 961. The number of hydrogen-bond acceptors (Lipinski definition) is 4. The fourth-order valence-corrected chi connectivity index (χ4v) is 2.66. The molecule has 0 saturated carbocycles. The summed E-state index contributed by atoms with van der Waals surface area (Å²) in [7, 11) is 0. The van der Waals surface area contributed by atoms with Gasteiger partial charge in [-0.2, -0.15) is 0 Å². The molecule has 0 aliphatic rings. The number of hydrogen-bond donors (Lipinski definition) is 0. The van der Waals surface area contributed by atoms with Gasteiger partial charge in [0.05, 0.1) is 22.8 Å². The van der Waals surface area contributed by atoms with Crippen LogP contribution in [0.5, 0.6) is 0 Å². The summed E-state index contributed by atoms with van der Waals surface area (Å²) in [6.07, 6.45) is 0. The molecule has 0 spiro atoms. The Kier molecular flexibility index (Phi) is 7.76. The van der Waals surface area contributed by atoms with Gasteiger partial charge in [0.15, 0.2) is 5.65 Å². The molecule has 0 atom stereocenters. The number of aromatic nitrogens is 4. The number of aryl methyl sites for hydroxylation is 2. The van der Waals surface area contributed by atoms with E-state index in [1.54, 1.807) is 0 Å². The van der Waals surface area contributed by atoms with Crippen molar-refractivity contribution in [1.29, 1.82) is 0 Å². The zero-order valence-electron chi connectivity index (χ0n) is 17.6. The Labute approximate surface area is 167 Å². The molecule has 0 saturated heterocycles. The minimum absolute atomic E-state index is 0.705. The molecular weight excluding hydrogens is 344 g/mol. The summed E-state index contributed by atoms with van der Waals surface area (Å²) in [5.41, 5.74) is 6.02. The maximum atomic E-state index is 4.69. The fourth-order valence-electron chi connectivity index (χ4n) is 2.66. The van der Waals surface area contributed by atoms with Crippen molar-refractivity contribution in [3.63, 3.8) is 0 Å². The van der Waals surface area contributed by atoms with Gasteiger partial charge in [-0.1, -0.05) is 39.8 Å². The van der Waals surface area contributed by atoms with Crippen LogP contribution in [-0.4, -0.2) is 19.9 Å². The van der Waals surface area contributed by atoms with Crippen molar-refractivity contribution in [2.24, 2.45) is 0 Å². The minimum Gasteiger partial charge on any atom is -0.251 e. The van der Waals surface area contributed by atoms with Crippen LogP contribution >= 0.6 is 0 Å². The fraction of sp³-hybridized carbons (Fsp3) is 0.250. The van der Waals surface area contributed by atoms with Gasteiger partial charge in [0.25, 0.3) is 0 Å². The van der Waals surface area contributed by atoms with Gasteiger partial charge < -0.3 is 0 Å². The molecule has 0 aromatic carbocycles. The number of pyridine rings is 4. The second-order valence-electron chi connectivity index (χ2n) is 5.77. The SMILES string of the molecule is CC.CC.Cc1cccc(-c2ccc3ccc(-c4cccc(C)n4)nc3n2)n1. The predicted octanol–water partition coefficient (Wildman–Crippen LogP) is 6.42. The van der Waals surface area contributed by atoms with E-state index in [0.29, 0.717) is 5.65 Å². The second kappa shape index (κ2) is 10.3. The van der Waals surface area contributed by atoms with Crippen LogP contribution in [0.3, 0.4) is 0 Å². The Morgan fingerprint density at radius 1 is 0.464 bits per heavy atom. The summed E-state index contributed by atoms with van der Waals surface area (Å²) in [5.74, 6) is 0. The molecule has 4 heteroatoms. The van der Waals surface area contributed by atoms with Gasteiger partial charge in [-0.05, 0) is 62.4 Å². The highest BCUT2D eigenvalue weighted by Gasteiger charge is 2.07. The molecule has 0 aliphatic heterocycles. The highest BCUT2D eigenvalue weighted by molar-refractivity contribution is 5.80. The lowest BCUT2D eigenvalue weighted by molar-refractivity contribution is 1.17. The van der Waals surface area contributed by atoms with Crippen molar-refractivity contribution < 1.29 is 0 Å². The van der Waals surface area contributed by atoms with Gasteiger partial charge in [-0.15, -0.1) is 0 Å². The van der Waals surface area contributed by atoms with Crippen LogP contribution in [0, 0.1) is 13.8 Å². The first kappa shape index (κ1) is 21.2. The van der Waals surface area contributed by atoms with Crippen molar-refractivity contribution in [3.05, 3.63) is 72.1 Å². The summed E-state index contributed by atoms with van der Waals surface area (Å²) in [5, 5.41) is 1.00. The maximum Gasteiger partial charge on any atom is 0.160 e. The van der Waals surface area contributed by atoms with E-state index in [1.807, 2.05) is 102 Å². The highest BCUT2D eigenvalue weighted by atomic mass is 14.9. The standard InChI is InChI=1S/C20H16N4.2C2H6/c1-13-5-3-7-16(21-13)18-11-9-15-10-12-19(24-20(15)23-18)17-8-4-6-14(2)22-17;2*1-2/h3-12H,1-2H3;2*1-2H3. The summed E-state index contributed by atoms with van der Waals surface area (Å²) in [6.45, 7) is 12.0. The molecular formula is C24H28N4. The van der Waals surface area contributed by atoms with E-state index in [-0.39, 0.29) is 0 Å². The van der Waals surface area contributed by atoms with Gasteiger partial charge in [-0.25, -0.2) is 9.97 Å². The van der Waals surface area contributed by atoms with E-state index < -0.39 is 0 Å². The van der Waals surface area contributed by atoms with Crippen molar-refractivity contribution in [2.45, 2.75) is 41.5 Å². The first-order chi connectivity index (χ1) is 13.7. The van der Waals surface area contributed by atoms with Gasteiger partial charge in [0.1, 0.15) is 0 Å². The monoisotopic (exact) mass is 372 g/mol. The molecule has 144 valence electrons. The van der Waals surface area contributed by atoms with Crippen molar-refractivity contribution in [3.8, 4) is 22.8 Å². The molecule has 0 radical (unpaired) electrons. The Morgan fingerprint density at radius 2 is 0.857 bits per heavy atom. The molecule has 28 heavy (non-hydrogen) atoms. The number of fused-ring (bicyclic) bond motifs is 1. The Morgan fingerprint density at radius 3 is 1.25 bits per heavy atom. The van der Waals surface area contributed by atoms with Gasteiger partial charge in [0, 0.05) is 16.8 Å². The molecule has 4 aromatic heterocycles. The molecule has 4 aromatic rings. The number of nitrogens with zero attached hydrogens (tertiary/aromatic N) is 4. The van der Waals surface area contributed by atoms with Crippen molar-refractivity contribution in [2.75, 3.05) is 0 Å². The molecule has 0 bridgehead atoms. The lowest BCUT2D eigenvalue weighted by atomic mass is 10.1. The first-order valence-corrected chi connectivity index (χ1v) is 9.85. The van der Waals surface area contributed by atoms with Crippen LogP contribution < -0.4 is 0 Å². The van der Waals surface area contributed by atoms with Crippen LogP contribution in [0.25, 0.3) is 33.8 Å². The van der Waals surface area contributed by atoms with Crippen molar-refractivity contribution >= 4 is 11.0 Å². The van der Waals surface area contributed by atoms with Gasteiger partial charge >= 0.3 is 0 Å². The minimum atomic E-state index is 0.705. The van der Waals surface area contributed by atoms with E-state index in [0.717, 1.165) is 39.5 Å². The lowest BCUT2D eigenvalue weighted by Gasteiger charge is -2.05. The third kappa shape index (κ3) is 4.97. The van der Waals surface area contributed by atoms with Crippen LogP contribution in [0.2, 0.25) is 0 Å². The third-order valence-electron chi connectivity index (χ3n) is 3.85. The van der Waals surface area contributed by atoms with E-state index in [4.69, 9.17) is 9.97 Å². The largest absolute Gasteiger partial charge is 0.251 e. The third-order valence-corrected chi connectivity index (χ3v) is 3.85. The van der Waals surface area contributed by atoms with E-state index in [2.05, 4.69) is 9.97 Å². The Balaban J connectivity index is 0.000000660. The molecule has 4 rings (SSSR count). The van der Waals surface area contributed by atoms with Crippen molar-refractivity contribution in [1.82, 2.24) is 19.9 Å². The Hall–Kier alpha value is -3.14. The molecule has 4 heterocycles. The molecule has 0 unspecified atom stereocenters. The average Bonchev–Trinajstić information content (AvgIpc) is 2.76. The topological polar surface area (TPSA) is 51.6 Å². The second-order valence-corrected chi connectivity index (χ2v) is 5.77. The van der Waals surface area contributed by atoms with Gasteiger partial charge in [-0.3, -0.25) is 9.97 Å². The average molecular weight is 373 g/mol. The predicted molar refractivity (Wildman–Crippen MR) is 118 cm³/mol. The molecule has 0 amide bonds. The first-order valence-electron chi connectivity index (χ1n) is 9.85. The zero-order valence-corrected chi connectivity index (χ0v) is 17.6. The lowest BCUT2D eigenvalue weighted by Crippen LogP contribution is -1.94. The van der Waals surface area contributed by atoms with Gasteiger partial charge in [0.2, 0.25) is 0 Å². The quantitative estimate of drug-likeness (QED) is 0.407. The molecule has 0 fully saturated rings. The summed E-state index contributed by atoms with van der Waals surface area (Å²) < 4.78 is 0. The number of rotatable bonds is 2. The van der Waals surface area contributed by atoms with Crippen LogP contribution in [-0.2, 0) is 0 Å². The normalized spacial score (nSPS) is 9.79. The molecule has 0 N–H and O–H groups in total. The van der Waals surface area contributed by atoms with E-state index >= 15 is 0 Å². The van der Waals surface area contributed by atoms with E-state index in [9.17, 15) is 0 Å². The summed E-state index contributed by atoms with van der Waals surface area (Å²) in [4.78, 5) is 18.5. The molecule has 0 aliphatic carbocycles. The highest BCUT2D eigenvalue weighted by Crippen LogP contribution is 2.22. The van der Waals surface area contributed by atoms with Crippen LogP contribution in [0.4, 0.5) is 0 Å². The zero-order chi connectivity index (χ0) is 20.5. The van der Waals surface area contributed by atoms with Crippen LogP contribution in [0.1, 0.15) is 39.1 Å². The smallest absolute Gasteiger partial charge is 0.160 e. The molecule has 4 nitrogen and oxygen atoms in total. The van der Waals surface area contributed by atoms with E-state index in [1.165, 1.54) is 0 Å². The summed E-state index contributed by atoms with van der Waals surface area (Å²) >= 11 is 0. The van der Waals surface area contributed by atoms with Crippen LogP contribution in [0.15, 0.2) is 60.7 Å². The maximum absolute atomic E-state index is 4.69.